The average molecular weight is 226 g/mol. The van der Waals surface area contributed by atoms with Crippen molar-refractivity contribution in [1.82, 2.24) is 10.2 Å². The van der Waals surface area contributed by atoms with E-state index in [1.54, 1.807) is 0 Å². The van der Waals surface area contributed by atoms with Crippen LogP contribution in [0.1, 0.15) is 25.7 Å². The van der Waals surface area contributed by atoms with E-state index in [9.17, 15) is 0 Å². The van der Waals surface area contributed by atoms with Gasteiger partial charge in [-0.25, -0.2) is 0 Å². The third-order valence-electron chi connectivity index (χ3n) is 2.70. The fourth-order valence-electron chi connectivity index (χ4n) is 1.82. The van der Waals surface area contributed by atoms with E-state index < -0.39 is 0 Å². The molecule has 2 unspecified atom stereocenters. The van der Waals surface area contributed by atoms with Gasteiger partial charge in [-0.3, -0.25) is 0 Å². The maximum Gasteiger partial charge on any atom is 0.315 e. The Balaban J connectivity index is 1.87. The van der Waals surface area contributed by atoms with Crippen LogP contribution in [-0.2, 0) is 11.2 Å². The van der Waals surface area contributed by atoms with Crippen molar-refractivity contribution in [3.63, 3.8) is 0 Å². The molecule has 1 aliphatic heterocycles. The molecule has 0 spiro atoms. The van der Waals surface area contributed by atoms with Gasteiger partial charge in [0.05, 0.1) is 12.1 Å². The van der Waals surface area contributed by atoms with Gasteiger partial charge in [-0.05, 0) is 19.8 Å². The standard InChI is InChI=1S/C10H18N4O2/c1-7(8-3-2-6-15-8)12-10-14-13-9(16-10)4-5-11/h7-8H,2-6,11H2,1H3,(H,12,14). The van der Waals surface area contributed by atoms with E-state index in [4.69, 9.17) is 14.9 Å². The normalized spacial score (nSPS) is 22.2. The van der Waals surface area contributed by atoms with E-state index in [2.05, 4.69) is 22.4 Å². The van der Waals surface area contributed by atoms with E-state index in [0.29, 0.717) is 24.9 Å². The highest BCUT2D eigenvalue weighted by molar-refractivity contribution is 5.20. The Kier molecular flexibility index (Phi) is 3.74. The highest BCUT2D eigenvalue weighted by Gasteiger charge is 2.23. The molecule has 0 saturated carbocycles. The summed E-state index contributed by atoms with van der Waals surface area (Å²) in [6.45, 7) is 3.42. The molecular formula is C10H18N4O2. The van der Waals surface area contributed by atoms with Crippen molar-refractivity contribution in [2.75, 3.05) is 18.5 Å². The number of rotatable bonds is 5. The largest absolute Gasteiger partial charge is 0.408 e. The van der Waals surface area contributed by atoms with E-state index >= 15 is 0 Å². The first kappa shape index (κ1) is 11.3. The second-order valence-electron chi connectivity index (χ2n) is 4.02. The maximum absolute atomic E-state index is 5.57. The highest BCUT2D eigenvalue weighted by atomic mass is 16.5. The lowest BCUT2D eigenvalue weighted by molar-refractivity contribution is 0.0989. The molecule has 0 radical (unpaired) electrons. The van der Waals surface area contributed by atoms with Crippen LogP contribution in [0.5, 0.6) is 0 Å². The molecule has 2 rings (SSSR count). The van der Waals surface area contributed by atoms with Crippen molar-refractivity contribution in [3.05, 3.63) is 5.89 Å². The van der Waals surface area contributed by atoms with Gasteiger partial charge in [-0.2, -0.15) is 0 Å². The summed E-state index contributed by atoms with van der Waals surface area (Å²) < 4.78 is 11.0. The first-order valence-corrected chi connectivity index (χ1v) is 5.70. The number of hydrogen-bond donors (Lipinski definition) is 2. The van der Waals surface area contributed by atoms with Gasteiger partial charge in [0, 0.05) is 19.6 Å². The van der Waals surface area contributed by atoms with E-state index in [1.165, 1.54) is 0 Å². The third-order valence-corrected chi connectivity index (χ3v) is 2.70. The predicted octanol–water partition coefficient (Wildman–Crippen LogP) is 0.550. The van der Waals surface area contributed by atoms with Crippen molar-refractivity contribution in [1.29, 1.82) is 0 Å². The van der Waals surface area contributed by atoms with E-state index in [1.807, 2.05) is 0 Å². The van der Waals surface area contributed by atoms with Gasteiger partial charge in [0.15, 0.2) is 0 Å². The molecule has 16 heavy (non-hydrogen) atoms. The molecule has 0 bridgehead atoms. The molecule has 0 aliphatic carbocycles. The Hall–Kier alpha value is -1.14. The average Bonchev–Trinajstić information content (AvgIpc) is 2.89. The first-order valence-electron chi connectivity index (χ1n) is 5.70. The molecule has 0 aromatic carbocycles. The Labute approximate surface area is 94.6 Å². The van der Waals surface area contributed by atoms with Crippen LogP contribution in [0.3, 0.4) is 0 Å². The molecule has 1 fully saturated rings. The van der Waals surface area contributed by atoms with Crippen LogP contribution in [0.15, 0.2) is 4.42 Å². The van der Waals surface area contributed by atoms with Crippen molar-refractivity contribution in [2.45, 2.75) is 38.3 Å². The monoisotopic (exact) mass is 226 g/mol. The Morgan fingerprint density at radius 1 is 1.56 bits per heavy atom. The summed E-state index contributed by atoms with van der Waals surface area (Å²) in [5, 5.41) is 10.9. The van der Waals surface area contributed by atoms with Crippen molar-refractivity contribution in [3.8, 4) is 0 Å². The fourth-order valence-corrected chi connectivity index (χ4v) is 1.82. The first-order chi connectivity index (χ1) is 7.79. The number of hydrogen-bond acceptors (Lipinski definition) is 6. The Morgan fingerprint density at radius 3 is 3.12 bits per heavy atom. The molecule has 2 atom stereocenters. The van der Waals surface area contributed by atoms with Crippen molar-refractivity contribution in [2.24, 2.45) is 5.73 Å². The second-order valence-corrected chi connectivity index (χ2v) is 4.02. The van der Waals surface area contributed by atoms with Crippen molar-refractivity contribution >= 4 is 6.01 Å². The number of nitrogens with zero attached hydrogens (tertiary/aromatic N) is 2. The Bertz CT molecular complexity index is 322. The van der Waals surface area contributed by atoms with Crippen LogP contribution in [-0.4, -0.2) is 35.5 Å². The Morgan fingerprint density at radius 2 is 2.44 bits per heavy atom. The van der Waals surface area contributed by atoms with Crippen LogP contribution < -0.4 is 11.1 Å². The van der Waals surface area contributed by atoms with Crippen LogP contribution in [0.4, 0.5) is 6.01 Å². The SMILES string of the molecule is CC(Nc1nnc(CCN)o1)C1CCCO1. The zero-order valence-electron chi connectivity index (χ0n) is 9.48. The van der Waals surface area contributed by atoms with E-state index in [0.717, 1.165) is 19.4 Å². The molecule has 1 aromatic rings. The van der Waals surface area contributed by atoms with Gasteiger partial charge in [0.1, 0.15) is 0 Å². The quantitative estimate of drug-likeness (QED) is 0.762. The van der Waals surface area contributed by atoms with Gasteiger partial charge in [-0.15, -0.1) is 5.10 Å². The number of nitrogens with one attached hydrogen (secondary N) is 1. The minimum Gasteiger partial charge on any atom is -0.408 e. The van der Waals surface area contributed by atoms with Gasteiger partial charge < -0.3 is 20.2 Å². The maximum atomic E-state index is 5.57. The number of aromatic nitrogens is 2. The zero-order valence-corrected chi connectivity index (χ0v) is 9.48. The van der Waals surface area contributed by atoms with Gasteiger partial charge in [0.2, 0.25) is 5.89 Å². The summed E-state index contributed by atoms with van der Waals surface area (Å²) in [4.78, 5) is 0. The lowest BCUT2D eigenvalue weighted by Gasteiger charge is -2.18. The second kappa shape index (κ2) is 5.27. The molecule has 1 aromatic heterocycles. The lowest BCUT2D eigenvalue weighted by Crippen LogP contribution is -2.30. The highest BCUT2D eigenvalue weighted by Crippen LogP contribution is 2.18. The van der Waals surface area contributed by atoms with E-state index in [-0.39, 0.29) is 12.1 Å². The summed E-state index contributed by atoms with van der Waals surface area (Å²) in [5.41, 5.74) is 5.40. The number of anilines is 1. The minimum absolute atomic E-state index is 0.189. The molecule has 90 valence electrons. The molecule has 3 N–H and O–H groups in total. The smallest absolute Gasteiger partial charge is 0.315 e. The molecule has 1 saturated heterocycles. The molecule has 6 heteroatoms. The summed E-state index contributed by atoms with van der Waals surface area (Å²) in [6, 6.07) is 0.639. The van der Waals surface area contributed by atoms with Gasteiger partial charge in [-0.1, -0.05) is 5.10 Å². The molecule has 0 amide bonds. The predicted molar refractivity (Wildman–Crippen MR) is 59.1 cm³/mol. The minimum atomic E-state index is 0.189. The molecule has 6 nitrogen and oxygen atoms in total. The summed E-state index contributed by atoms with van der Waals surface area (Å²) in [5.74, 6) is 0.574. The van der Waals surface area contributed by atoms with Crippen molar-refractivity contribution < 1.29 is 9.15 Å². The van der Waals surface area contributed by atoms with Crippen LogP contribution in [0.2, 0.25) is 0 Å². The summed E-state index contributed by atoms with van der Waals surface area (Å²) >= 11 is 0. The zero-order chi connectivity index (χ0) is 11.4. The third kappa shape index (κ3) is 2.70. The topological polar surface area (TPSA) is 86.2 Å². The number of nitrogens with two attached hydrogens (primary N) is 1. The lowest BCUT2D eigenvalue weighted by atomic mass is 10.1. The van der Waals surface area contributed by atoms with Gasteiger partial charge in [0.25, 0.3) is 0 Å². The van der Waals surface area contributed by atoms with Crippen LogP contribution >= 0.6 is 0 Å². The van der Waals surface area contributed by atoms with Gasteiger partial charge >= 0.3 is 6.01 Å². The molecule has 1 aliphatic rings. The molecular weight excluding hydrogens is 208 g/mol. The summed E-state index contributed by atoms with van der Waals surface area (Å²) in [7, 11) is 0. The fraction of sp³-hybridized carbons (Fsp3) is 0.800. The van der Waals surface area contributed by atoms with Crippen LogP contribution in [0, 0.1) is 0 Å². The number of ether oxygens (including phenoxy) is 1. The molecule has 2 heterocycles. The van der Waals surface area contributed by atoms with Crippen LogP contribution in [0.25, 0.3) is 0 Å². The summed E-state index contributed by atoms with van der Waals surface area (Å²) in [6.07, 6.45) is 3.06.